The summed E-state index contributed by atoms with van der Waals surface area (Å²) in [6, 6.07) is 13.8. The van der Waals surface area contributed by atoms with Crippen LogP contribution in [-0.4, -0.2) is 37.3 Å². The summed E-state index contributed by atoms with van der Waals surface area (Å²) in [5.41, 5.74) is 7.04. The second-order valence-corrected chi connectivity index (χ2v) is 8.99. The Labute approximate surface area is 160 Å². The van der Waals surface area contributed by atoms with E-state index in [4.69, 9.17) is 0 Å². The summed E-state index contributed by atoms with van der Waals surface area (Å²) in [5.74, 6) is 0.720. The Bertz CT molecular complexity index is 934. The molecule has 0 unspecified atom stereocenters. The van der Waals surface area contributed by atoms with Crippen LogP contribution >= 0.6 is 0 Å². The average molecular weight is 385 g/mol. The van der Waals surface area contributed by atoms with E-state index in [1.54, 1.807) is 16.4 Å². The minimum absolute atomic E-state index is 0.265. The lowest BCUT2D eigenvalue weighted by Crippen LogP contribution is -2.32. The molecular weight excluding hydrogens is 360 g/mol. The van der Waals surface area contributed by atoms with Crippen LogP contribution in [0.3, 0.4) is 0 Å². The molecule has 1 aromatic carbocycles. The van der Waals surface area contributed by atoms with Crippen LogP contribution in [0.25, 0.3) is 0 Å². The first kappa shape index (κ1) is 18.0. The van der Waals surface area contributed by atoms with Crippen molar-refractivity contribution in [3.63, 3.8) is 0 Å². The van der Waals surface area contributed by atoms with Gasteiger partial charge in [-0.15, -0.1) is 0 Å². The standard InChI is InChI=1S/C20H24N4O2S/c1-16-18(13-17-7-3-2-4-8-17)15-24(22-16)20-10-9-19(14-21-20)27(25,26)23-11-5-6-12-23/h2-4,7-10,14,22H,5-6,11-13,15H2,1H3. The predicted molar refractivity (Wildman–Crippen MR) is 106 cm³/mol. The van der Waals surface area contributed by atoms with Crippen LogP contribution in [0.1, 0.15) is 25.3 Å². The monoisotopic (exact) mass is 384 g/mol. The number of aromatic nitrogens is 1. The number of hydrogen-bond acceptors (Lipinski definition) is 5. The van der Waals surface area contributed by atoms with E-state index in [0.29, 0.717) is 13.1 Å². The third kappa shape index (κ3) is 3.70. The Morgan fingerprint density at radius 1 is 1.07 bits per heavy atom. The van der Waals surface area contributed by atoms with Crippen LogP contribution in [-0.2, 0) is 16.4 Å². The third-order valence-electron chi connectivity index (χ3n) is 5.14. The fraction of sp³-hybridized carbons (Fsp3) is 0.350. The number of hydrazine groups is 1. The molecule has 4 rings (SSSR count). The van der Waals surface area contributed by atoms with Crippen molar-refractivity contribution in [2.45, 2.75) is 31.1 Å². The quantitative estimate of drug-likeness (QED) is 0.859. The largest absolute Gasteiger partial charge is 0.301 e. The SMILES string of the molecule is CC1=C(Cc2ccccc2)CN(c2ccc(S(=O)(=O)N3CCCC3)cn2)N1. The van der Waals surface area contributed by atoms with E-state index in [0.717, 1.165) is 37.3 Å². The maximum atomic E-state index is 12.6. The van der Waals surface area contributed by atoms with Crippen molar-refractivity contribution in [1.29, 1.82) is 0 Å². The highest BCUT2D eigenvalue weighted by molar-refractivity contribution is 7.89. The molecule has 2 aliphatic rings. The number of sulfonamides is 1. The molecule has 142 valence electrons. The molecule has 1 aromatic heterocycles. The second-order valence-electron chi connectivity index (χ2n) is 7.05. The highest BCUT2D eigenvalue weighted by Gasteiger charge is 2.28. The van der Waals surface area contributed by atoms with E-state index in [-0.39, 0.29) is 4.90 Å². The van der Waals surface area contributed by atoms with Crippen molar-refractivity contribution in [2.24, 2.45) is 0 Å². The van der Waals surface area contributed by atoms with Crippen LogP contribution in [0.4, 0.5) is 5.82 Å². The lowest BCUT2D eigenvalue weighted by molar-refractivity contribution is 0.477. The molecule has 1 N–H and O–H groups in total. The Kier molecular flexibility index (Phi) is 4.88. The zero-order valence-corrected chi connectivity index (χ0v) is 16.2. The first-order valence-electron chi connectivity index (χ1n) is 9.27. The normalized spacial score (nSPS) is 18.2. The molecule has 0 saturated carbocycles. The minimum atomic E-state index is -3.42. The van der Waals surface area contributed by atoms with Crippen molar-refractivity contribution in [3.05, 3.63) is 65.5 Å². The van der Waals surface area contributed by atoms with Crippen molar-refractivity contribution in [3.8, 4) is 0 Å². The minimum Gasteiger partial charge on any atom is -0.301 e. The van der Waals surface area contributed by atoms with Crippen LogP contribution < -0.4 is 10.4 Å². The van der Waals surface area contributed by atoms with Crippen LogP contribution in [0.2, 0.25) is 0 Å². The molecule has 0 radical (unpaired) electrons. The first-order chi connectivity index (χ1) is 13.0. The lowest BCUT2D eigenvalue weighted by Gasteiger charge is -2.20. The highest BCUT2D eigenvalue weighted by atomic mass is 32.2. The van der Waals surface area contributed by atoms with Crippen LogP contribution in [0, 0.1) is 0 Å². The Balaban J connectivity index is 1.46. The van der Waals surface area contributed by atoms with E-state index in [9.17, 15) is 8.42 Å². The van der Waals surface area contributed by atoms with Gasteiger partial charge in [-0.05, 0) is 49.5 Å². The Morgan fingerprint density at radius 2 is 1.81 bits per heavy atom. The summed E-state index contributed by atoms with van der Waals surface area (Å²) in [5, 5.41) is 1.96. The van der Waals surface area contributed by atoms with Gasteiger partial charge in [-0.2, -0.15) is 4.31 Å². The molecule has 1 saturated heterocycles. The van der Waals surface area contributed by atoms with Gasteiger partial charge in [0.25, 0.3) is 0 Å². The summed E-state index contributed by atoms with van der Waals surface area (Å²) in [6.07, 6.45) is 4.21. The molecule has 0 aliphatic carbocycles. The number of rotatable bonds is 5. The van der Waals surface area contributed by atoms with Gasteiger partial charge in [0, 0.05) is 25.0 Å². The number of nitrogens with zero attached hydrogens (tertiary/aromatic N) is 3. The van der Waals surface area contributed by atoms with Gasteiger partial charge in [0.15, 0.2) is 0 Å². The van der Waals surface area contributed by atoms with E-state index >= 15 is 0 Å². The smallest absolute Gasteiger partial charge is 0.244 e. The molecule has 3 heterocycles. The molecule has 7 heteroatoms. The van der Waals surface area contributed by atoms with Gasteiger partial charge < -0.3 is 5.43 Å². The number of nitrogens with one attached hydrogen (secondary N) is 1. The molecule has 2 aromatic rings. The maximum Gasteiger partial charge on any atom is 0.244 e. The number of hydrogen-bond donors (Lipinski definition) is 1. The van der Waals surface area contributed by atoms with Gasteiger partial charge in [-0.25, -0.2) is 13.4 Å². The van der Waals surface area contributed by atoms with E-state index in [1.807, 2.05) is 23.2 Å². The summed E-state index contributed by atoms with van der Waals surface area (Å²) < 4.78 is 26.8. The molecule has 27 heavy (non-hydrogen) atoms. The zero-order valence-electron chi connectivity index (χ0n) is 15.4. The van der Waals surface area contributed by atoms with Gasteiger partial charge in [0.2, 0.25) is 10.0 Å². The van der Waals surface area contributed by atoms with Crippen molar-refractivity contribution >= 4 is 15.8 Å². The second kappa shape index (κ2) is 7.32. The maximum absolute atomic E-state index is 12.6. The molecule has 1 fully saturated rings. The van der Waals surface area contributed by atoms with E-state index < -0.39 is 10.0 Å². The molecule has 0 atom stereocenters. The molecule has 0 amide bonds. The summed E-state index contributed by atoms with van der Waals surface area (Å²) >= 11 is 0. The summed E-state index contributed by atoms with van der Waals surface area (Å²) in [6.45, 7) is 3.99. The van der Waals surface area contributed by atoms with E-state index in [1.165, 1.54) is 17.3 Å². The first-order valence-corrected chi connectivity index (χ1v) is 10.7. The number of anilines is 1. The van der Waals surface area contributed by atoms with Crippen molar-refractivity contribution < 1.29 is 8.42 Å². The number of allylic oxidation sites excluding steroid dienone is 1. The molecule has 6 nitrogen and oxygen atoms in total. The van der Waals surface area contributed by atoms with Gasteiger partial charge in [0.1, 0.15) is 10.7 Å². The van der Waals surface area contributed by atoms with Gasteiger partial charge in [0.05, 0.1) is 6.54 Å². The number of benzene rings is 1. The fourth-order valence-corrected chi connectivity index (χ4v) is 5.02. The lowest BCUT2D eigenvalue weighted by atomic mass is 10.0. The van der Waals surface area contributed by atoms with Crippen molar-refractivity contribution in [2.75, 3.05) is 24.6 Å². The van der Waals surface area contributed by atoms with Crippen LogP contribution in [0.15, 0.2) is 64.8 Å². The van der Waals surface area contributed by atoms with Gasteiger partial charge in [-0.3, -0.25) is 5.01 Å². The topological polar surface area (TPSA) is 65.5 Å². The predicted octanol–water partition coefficient (Wildman–Crippen LogP) is 2.71. The number of pyridine rings is 1. The molecular formula is C20H24N4O2S. The van der Waals surface area contributed by atoms with Crippen molar-refractivity contribution in [1.82, 2.24) is 14.7 Å². The average Bonchev–Trinajstić information content (AvgIpc) is 3.34. The van der Waals surface area contributed by atoms with E-state index in [2.05, 4.69) is 29.5 Å². The van der Waals surface area contributed by atoms with Crippen LogP contribution in [0.5, 0.6) is 0 Å². The van der Waals surface area contributed by atoms with Gasteiger partial charge in [-0.1, -0.05) is 30.3 Å². The fourth-order valence-electron chi connectivity index (χ4n) is 3.56. The third-order valence-corrected chi connectivity index (χ3v) is 7.02. The molecule has 0 spiro atoms. The summed E-state index contributed by atoms with van der Waals surface area (Å²) in [7, 11) is -3.42. The zero-order chi connectivity index (χ0) is 18.9. The molecule has 2 aliphatic heterocycles. The highest BCUT2D eigenvalue weighted by Crippen LogP contribution is 2.24. The Morgan fingerprint density at radius 3 is 2.48 bits per heavy atom. The van der Waals surface area contributed by atoms with Gasteiger partial charge >= 0.3 is 0 Å². The Hall–Kier alpha value is -2.38. The molecule has 0 bridgehead atoms. The summed E-state index contributed by atoms with van der Waals surface area (Å²) in [4.78, 5) is 4.67.